The number of aliphatic imine (C=N–C) groups is 1. The van der Waals surface area contributed by atoms with Crippen molar-refractivity contribution in [2.45, 2.75) is 18.4 Å². The van der Waals surface area contributed by atoms with E-state index in [0.717, 1.165) is 4.31 Å². The van der Waals surface area contributed by atoms with Crippen molar-refractivity contribution in [1.29, 1.82) is 0 Å². The largest absolute Gasteiger partial charge is 0.493 e. The second-order valence-electron chi connectivity index (χ2n) is 5.99. The van der Waals surface area contributed by atoms with Gasteiger partial charge in [0.05, 0.1) is 18.1 Å². The second-order valence-corrected chi connectivity index (χ2v) is 7.99. The van der Waals surface area contributed by atoms with Crippen molar-refractivity contribution >= 4 is 21.7 Å². The van der Waals surface area contributed by atoms with E-state index in [1.54, 1.807) is 18.2 Å². The topological polar surface area (TPSA) is 97.0 Å². The number of halogens is 2. The van der Waals surface area contributed by atoms with Crippen molar-refractivity contribution in [3.05, 3.63) is 36.0 Å². The van der Waals surface area contributed by atoms with Crippen LogP contribution in [0.5, 0.6) is 5.75 Å². The van der Waals surface area contributed by atoms with Crippen LogP contribution in [0.1, 0.15) is 12.0 Å². The number of nitrogens with zero attached hydrogens (tertiary/aromatic N) is 2. The summed E-state index contributed by atoms with van der Waals surface area (Å²) in [5.74, 6) is 0.0671. The summed E-state index contributed by atoms with van der Waals surface area (Å²) in [5, 5.41) is 2.51. The maximum absolute atomic E-state index is 12.7. The number of ether oxygens (including phenoxy) is 1. The molecule has 3 N–H and O–H groups in total. The van der Waals surface area contributed by atoms with Crippen molar-refractivity contribution in [3.8, 4) is 5.75 Å². The zero-order chi connectivity index (χ0) is 18.4. The lowest BCUT2D eigenvalue weighted by Gasteiger charge is -2.40. The standard InChI is InChI=1S/C15H18F2N4O3S/c1-9(13(16)17)19-10-3-4-12-11(7-10)15(5-6-24-12)8-25(22,23)21(2)14(18)20-15/h3-4,7,13,19H,1,5-6,8H2,2H3,(H2,18,20)/t15-/m0/s1. The van der Waals surface area contributed by atoms with Crippen molar-refractivity contribution in [2.75, 3.05) is 24.7 Å². The van der Waals surface area contributed by atoms with Crippen LogP contribution in [0.3, 0.4) is 0 Å². The third-order valence-corrected chi connectivity index (χ3v) is 6.18. The van der Waals surface area contributed by atoms with E-state index in [9.17, 15) is 17.2 Å². The third-order valence-electron chi connectivity index (χ3n) is 4.31. The first-order valence-electron chi connectivity index (χ1n) is 7.48. The first kappa shape index (κ1) is 17.5. The monoisotopic (exact) mass is 372 g/mol. The molecule has 2 aliphatic heterocycles. The fourth-order valence-corrected chi connectivity index (χ4v) is 4.42. The van der Waals surface area contributed by atoms with E-state index < -0.39 is 27.7 Å². The highest BCUT2D eigenvalue weighted by atomic mass is 32.2. The molecular formula is C15H18F2N4O3S. The summed E-state index contributed by atoms with van der Waals surface area (Å²) in [6, 6.07) is 4.70. The van der Waals surface area contributed by atoms with Crippen LogP contribution in [-0.4, -0.2) is 44.5 Å². The summed E-state index contributed by atoms with van der Waals surface area (Å²) in [6.07, 6.45) is -2.41. The van der Waals surface area contributed by atoms with Crippen LogP contribution in [0, 0.1) is 0 Å². The Morgan fingerprint density at radius 3 is 2.88 bits per heavy atom. The maximum Gasteiger partial charge on any atom is 0.277 e. The Bertz CT molecular complexity index is 856. The molecule has 7 nitrogen and oxygen atoms in total. The number of nitrogens with one attached hydrogen (secondary N) is 1. The minimum absolute atomic E-state index is 0.116. The molecule has 0 amide bonds. The van der Waals surface area contributed by atoms with Gasteiger partial charge in [-0.1, -0.05) is 6.58 Å². The molecule has 1 atom stereocenters. The predicted molar refractivity (Wildman–Crippen MR) is 90.2 cm³/mol. The molecule has 1 aromatic carbocycles. The Labute approximate surface area is 144 Å². The summed E-state index contributed by atoms with van der Waals surface area (Å²) in [6.45, 7) is 3.55. The fraction of sp³-hybridized carbons (Fsp3) is 0.400. The molecule has 0 saturated carbocycles. The Hall–Kier alpha value is -2.36. The van der Waals surface area contributed by atoms with E-state index in [0.29, 0.717) is 23.4 Å². The molecule has 136 valence electrons. The molecule has 0 radical (unpaired) electrons. The first-order valence-corrected chi connectivity index (χ1v) is 9.09. The van der Waals surface area contributed by atoms with Gasteiger partial charge in [-0.25, -0.2) is 26.5 Å². The van der Waals surface area contributed by atoms with Gasteiger partial charge >= 0.3 is 0 Å². The number of alkyl halides is 2. The Kier molecular flexibility index (Phi) is 4.10. The third kappa shape index (κ3) is 3.01. The normalized spacial score (nSPS) is 24.5. The number of sulfonamides is 1. The minimum Gasteiger partial charge on any atom is -0.493 e. The van der Waals surface area contributed by atoms with Gasteiger partial charge in [0.15, 0.2) is 0 Å². The van der Waals surface area contributed by atoms with E-state index in [1.807, 2.05) is 0 Å². The van der Waals surface area contributed by atoms with Gasteiger partial charge in [0, 0.05) is 24.7 Å². The van der Waals surface area contributed by atoms with Crippen LogP contribution < -0.4 is 15.8 Å². The molecule has 0 fully saturated rings. The zero-order valence-electron chi connectivity index (χ0n) is 13.5. The molecule has 2 aliphatic rings. The van der Waals surface area contributed by atoms with Crippen LogP contribution in [0.2, 0.25) is 0 Å². The lowest BCUT2D eigenvalue weighted by atomic mass is 9.86. The Morgan fingerprint density at radius 2 is 2.24 bits per heavy atom. The summed E-state index contributed by atoms with van der Waals surface area (Å²) < 4.78 is 56.7. The number of nitrogens with two attached hydrogens (primary N) is 1. The Morgan fingerprint density at radius 1 is 1.52 bits per heavy atom. The van der Waals surface area contributed by atoms with Crippen molar-refractivity contribution in [2.24, 2.45) is 10.7 Å². The Balaban J connectivity index is 2.08. The van der Waals surface area contributed by atoms with Gasteiger partial charge in [-0.05, 0) is 18.2 Å². The minimum atomic E-state index is -3.65. The van der Waals surface area contributed by atoms with Gasteiger partial charge in [-0.15, -0.1) is 0 Å². The van der Waals surface area contributed by atoms with Crippen molar-refractivity contribution < 1.29 is 21.9 Å². The highest BCUT2D eigenvalue weighted by Gasteiger charge is 2.46. The van der Waals surface area contributed by atoms with Crippen LogP contribution >= 0.6 is 0 Å². The molecule has 0 aromatic heterocycles. The number of allylic oxidation sites excluding steroid dienone is 1. The number of hydrogen-bond donors (Lipinski definition) is 2. The van der Waals surface area contributed by atoms with Crippen molar-refractivity contribution in [3.63, 3.8) is 0 Å². The second kappa shape index (κ2) is 5.87. The summed E-state index contributed by atoms with van der Waals surface area (Å²) in [4.78, 5) is 4.41. The van der Waals surface area contributed by atoms with E-state index in [1.165, 1.54) is 7.05 Å². The quantitative estimate of drug-likeness (QED) is 0.837. The van der Waals surface area contributed by atoms with Gasteiger partial charge in [0.25, 0.3) is 6.43 Å². The summed E-state index contributed by atoms with van der Waals surface area (Å²) in [5.41, 5.74) is 5.08. The number of anilines is 1. The van der Waals surface area contributed by atoms with E-state index in [2.05, 4.69) is 16.9 Å². The van der Waals surface area contributed by atoms with E-state index in [-0.39, 0.29) is 18.3 Å². The zero-order valence-corrected chi connectivity index (χ0v) is 14.3. The maximum atomic E-state index is 12.7. The summed E-state index contributed by atoms with van der Waals surface area (Å²) >= 11 is 0. The number of guanidine groups is 1. The molecule has 0 aliphatic carbocycles. The van der Waals surface area contributed by atoms with Gasteiger partial charge in [-0.2, -0.15) is 0 Å². The van der Waals surface area contributed by atoms with Gasteiger partial charge in [0.2, 0.25) is 16.0 Å². The smallest absolute Gasteiger partial charge is 0.277 e. The highest BCUT2D eigenvalue weighted by molar-refractivity contribution is 7.89. The summed E-state index contributed by atoms with van der Waals surface area (Å²) in [7, 11) is -2.31. The molecule has 0 unspecified atom stereocenters. The first-order chi connectivity index (χ1) is 11.6. The number of hydrogen-bond acceptors (Lipinski definition) is 6. The molecule has 1 spiro atoms. The van der Waals surface area contributed by atoms with E-state index >= 15 is 0 Å². The van der Waals surface area contributed by atoms with Crippen LogP contribution in [-0.2, 0) is 15.6 Å². The predicted octanol–water partition coefficient (Wildman–Crippen LogP) is 1.44. The molecule has 0 saturated heterocycles. The molecule has 1 aromatic rings. The van der Waals surface area contributed by atoms with Crippen LogP contribution in [0.4, 0.5) is 14.5 Å². The van der Waals surface area contributed by atoms with Crippen LogP contribution in [0.15, 0.2) is 35.5 Å². The van der Waals surface area contributed by atoms with E-state index in [4.69, 9.17) is 10.5 Å². The lowest BCUT2D eigenvalue weighted by molar-refractivity contribution is 0.192. The molecule has 2 heterocycles. The highest BCUT2D eigenvalue weighted by Crippen LogP contribution is 2.44. The van der Waals surface area contributed by atoms with Crippen molar-refractivity contribution in [1.82, 2.24) is 4.31 Å². The molecule has 10 heteroatoms. The molecule has 0 bridgehead atoms. The number of benzene rings is 1. The number of fused-ring (bicyclic) bond motifs is 2. The average Bonchev–Trinajstić information content (AvgIpc) is 2.53. The van der Waals surface area contributed by atoms with Gasteiger partial charge in [-0.3, -0.25) is 0 Å². The average molecular weight is 372 g/mol. The van der Waals surface area contributed by atoms with Gasteiger partial charge in [0.1, 0.15) is 11.3 Å². The SMILES string of the molecule is C=C(Nc1ccc2c(c1)[C@]1(CCO2)CS(=O)(=O)N(C)C(N)=N1)C(F)F. The fourth-order valence-electron chi connectivity index (χ4n) is 2.93. The van der Waals surface area contributed by atoms with Gasteiger partial charge < -0.3 is 15.8 Å². The molecule has 25 heavy (non-hydrogen) atoms. The van der Waals surface area contributed by atoms with Crippen LogP contribution in [0.25, 0.3) is 0 Å². The lowest BCUT2D eigenvalue weighted by Crippen LogP contribution is -2.52. The molecular weight excluding hydrogens is 354 g/mol. The molecule has 3 rings (SSSR count). The number of rotatable bonds is 3.